The summed E-state index contributed by atoms with van der Waals surface area (Å²) >= 11 is 6.01. The molecule has 128 valence electrons. The molecule has 1 N–H and O–H groups in total. The van der Waals surface area contributed by atoms with Gasteiger partial charge in [0.2, 0.25) is 0 Å². The van der Waals surface area contributed by atoms with Crippen LogP contribution in [-0.2, 0) is 11.2 Å². The standard InChI is InChI=1S/C16H17ClFN3O3/c1-9-4-5-10(18)13(14(9)17)15(22)19-7-6-12-20-16(24-21-12)11-3-2-8-23-11/h4-5,11H,2-3,6-8H2,1H3,(H,19,22). The molecule has 1 amide bonds. The summed E-state index contributed by atoms with van der Waals surface area (Å²) in [5.74, 6) is -0.286. The molecule has 1 atom stereocenters. The fourth-order valence-electron chi connectivity index (χ4n) is 2.51. The molecular weight excluding hydrogens is 337 g/mol. The molecule has 24 heavy (non-hydrogen) atoms. The van der Waals surface area contributed by atoms with Crippen molar-refractivity contribution in [2.75, 3.05) is 13.2 Å². The van der Waals surface area contributed by atoms with Crippen molar-refractivity contribution in [3.8, 4) is 0 Å². The van der Waals surface area contributed by atoms with Crippen LogP contribution in [0.4, 0.5) is 4.39 Å². The molecule has 0 aliphatic carbocycles. The Kier molecular flexibility index (Phi) is 5.11. The third-order valence-electron chi connectivity index (χ3n) is 3.83. The van der Waals surface area contributed by atoms with Crippen LogP contribution in [-0.4, -0.2) is 29.2 Å². The lowest BCUT2D eigenvalue weighted by Gasteiger charge is -2.08. The summed E-state index contributed by atoms with van der Waals surface area (Å²) in [6, 6.07) is 2.75. The van der Waals surface area contributed by atoms with Crippen molar-refractivity contribution >= 4 is 17.5 Å². The molecule has 1 aromatic heterocycles. The molecule has 1 fully saturated rings. The number of aryl methyl sites for hydroxylation is 1. The van der Waals surface area contributed by atoms with Gasteiger partial charge in [-0.25, -0.2) is 4.39 Å². The number of carbonyl (C=O) groups is 1. The molecule has 0 radical (unpaired) electrons. The van der Waals surface area contributed by atoms with E-state index in [-0.39, 0.29) is 23.2 Å². The van der Waals surface area contributed by atoms with Crippen LogP contribution in [0.5, 0.6) is 0 Å². The molecule has 1 aliphatic rings. The number of aromatic nitrogens is 2. The predicted molar refractivity (Wildman–Crippen MR) is 84.4 cm³/mol. The molecule has 6 nitrogen and oxygen atoms in total. The van der Waals surface area contributed by atoms with Crippen molar-refractivity contribution in [3.05, 3.63) is 45.8 Å². The normalized spacial score (nSPS) is 17.2. The second-order valence-corrected chi connectivity index (χ2v) is 5.99. The largest absolute Gasteiger partial charge is 0.368 e. The third kappa shape index (κ3) is 3.57. The minimum Gasteiger partial charge on any atom is -0.368 e. The summed E-state index contributed by atoms with van der Waals surface area (Å²) in [5, 5.41) is 6.60. The van der Waals surface area contributed by atoms with Gasteiger partial charge in [-0.3, -0.25) is 4.79 Å². The fourth-order valence-corrected chi connectivity index (χ4v) is 2.75. The molecule has 8 heteroatoms. The minimum absolute atomic E-state index is 0.118. The first-order valence-electron chi connectivity index (χ1n) is 7.73. The minimum atomic E-state index is -0.650. The van der Waals surface area contributed by atoms with Crippen LogP contribution in [0.15, 0.2) is 16.7 Å². The maximum atomic E-state index is 13.8. The van der Waals surface area contributed by atoms with Crippen molar-refractivity contribution < 1.29 is 18.4 Å². The fraction of sp³-hybridized carbons (Fsp3) is 0.438. The van der Waals surface area contributed by atoms with E-state index in [0.717, 1.165) is 12.8 Å². The maximum Gasteiger partial charge on any atom is 0.255 e. The number of carbonyl (C=O) groups excluding carboxylic acids is 1. The SMILES string of the molecule is Cc1ccc(F)c(C(=O)NCCc2noc(C3CCCO3)n2)c1Cl. The Labute approximate surface area is 143 Å². The van der Waals surface area contributed by atoms with E-state index >= 15 is 0 Å². The molecule has 1 aromatic carbocycles. The number of benzene rings is 1. The number of rotatable bonds is 5. The Morgan fingerprint density at radius 1 is 1.50 bits per heavy atom. The first-order chi connectivity index (χ1) is 11.6. The van der Waals surface area contributed by atoms with E-state index in [9.17, 15) is 9.18 Å². The number of ether oxygens (including phenoxy) is 1. The molecule has 1 unspecified atom stereocenters. The van der Waals surface area contributed by atoms with Gasteiger partial charge in [-0.2, -0.15) is 4.98 Å². The van der Waals surface area contributed by atoms with Crippen molar-refractivity contribution in [1.29, 1.82) is 0 Å². The van der Waals surface area contributed by atoms with Crippen LogP contribution in [0.2, 0.25) is 5.02 Å². The van der Waals surface area contributed by atoms with Crippen LogP contribution >= 0.6 is 11.6 Å². The Morgan fingerprint density at radius 2 is 2.33 bits per heavy atom. The monoisotopic (exact) mass is 353 g/mol. The van der Waals surface area contributed by atoms with Gasteiger partial charge < -0.3 is 14.6 Å². The van der Waals surface area contributed by atoms with Crippen LogP contribution in [0.3, 0.4) is 0 Å². The van der Waals surface area contributed by atoms with Crippen molar-refractivity contribution in [2.45, 2.75) is 32.3 Å². The Morgan fingerprint density at radius 3 is 3.08 bits per heavy atom. The topological polar surface area (TPSA) is 77.2 Å². The zero-order chi connectivity index (χ0) is 17.1. The van der Waals surface area contributed by atoms with Crippen LogP contribution in [0.25, 0.3) is 0 Å². The average Bonchev–Trinajstić information content (AvgIpc) is 3.22. The Bertz CT molecular complexity index is 744. The second-order valence-electron chi connectivity index (χ2n) is 5.61. The van der Waals surface area contributed by atoms with E-state index in [1.165, 1.54) is 12.1 Å². The highest BCUT2D eigenvalue weighted by Gasteiger charge is 2.24. The van der Waals surface area contributed by atoms with Crippen LogP contribution in [0, 0.1) is 12.7 Å². The number of nitrogens with zero attached hydrogens (tertiary/aromatic N) is 2. The van der Waals surface area contributed by atoms with E-state index in [2.05, 4.69) is 15.5 Å². The number of hydrogen-bond acceptors (Lipinski definition) is 5. The third-order valence-corrected chi connectivity index (χ3v) is 4.32. The summed E-state index contributed by atoms with van der Waals surface area (Å²) in [6.45, 7) is 2.65. The molecule has 1 aliphatic heterocycles. The summed E-state index contributed by atoms with van der Waals surface area (Å²) in [4.78, 5) is 16.4. The Balaban J connectivity index is 1.57. The van der Waals surface area contributed by atoms with E-state index < -0.39 is 11.7 Å². The summed E-state index contributed by atoms with van der Waals surface area (Å²) < 4.78 is 24.4. The Hall–Kier alpha value is -1.99. The van der Waals surface area contributed by atoms with E-state index in [4.69, 9.17) is 20.9 Å². The quantitative estimate of drug-likeness (QED) is 0.894. The molecular formula is C16H17ClFN3O3. The average molecular weight is 354 g/mol. The van der Waals surface area contributed by atoms with Crippen molar-refractivity contribution in [1.82, 2.24) is 15.5 Å². The van der Waals surface area contributed by atoms with Gasteiger partial charge in [0.25, 0.3) is 11.8 Å². The van der Waals surface area contributed by atoms with Crippen molar-refractivity contribution in [3.63, 3.8) is 0 Å². The highest BCUT2D eigenvalue weighted by molar-refractivity contribution is 6.34. The number of halogens is 2. The van der Waals surface area contributed by atoms with E-state index in [1.807, 2.05) is 0 Å². The number of amides is 1. The first kappa shape index (κ1) is 16.9. The second kappa shape index (κ2) is 7.27. The van der Waals surface area contributed by atoms with Gasteiger partial charge in [-0.1, -0.05) is 22.8 Å². The van der Waals surface area contributed by atoms with Crippen LogP contribution < -0.4 is 5.32 Å². The first-order valence-corrected chi connectivity index (χ1v) is 8.11. The molecule has 1 saturated heterocycles. The van der Waals surface area contributed by atoms with Gasteiger partial charge >= 0.3 is 0 Å². The van der Waals surface area contributed by atoms with Gasteiger partial charge in [0.1, 0.15) is 11.9 Å². The number of hydrogen-bond donors (Lipinski definition) is 1. The smallest absolute Gasteiger partial charge is 0.255 e. The summed E-state index contributed by atoms with van der Waals surface area (Å²) in [5.41, 5.74) is 0.493. The summed E-state index contributed by atoms with van der Waals surface area (Å²) in [6.07, 6.45) is 2.07. The van der Waals surface area contributed by atoms with Gasteiger partial charge in [-0.15, -0.1) is 0 Å². The van der Waals surface area contributed by atoms with Gasteiger partial charge in [0.15, 0.2) is 5.82 Å². The lowest BCUT2D eigenvalue weighted by Crippen LogP contribution is -2.27. The van der Waals surface area contributed by atoms with Crippen LogP contribution in [0.1, 0.15) is 46.6 Å². The van der Waals surface area contributed by atoms with Gasteiger partial charge in [0, 0.05) is 19.6 Å². The molecule has 3 rings (SSSR count). The predicted octanol–water partition coefficient (Wildman–Crippen LogP) is 2.99. The van der Waals surface area contributed by atoms with Gasteiger partial charge in [0.05, 0.1) is 10.6 Å². The molecule has 0 spiro atoms. The molecule has 0 saturated carbocycles. The maximum absolute atomic E-state index is 13.8. The number of nitrogens with one attached hydrogen (secondary N) is 1. The lowest BCUT2D eigenvalue weighted by atomic mass is 10.1. The van der Waals surface area contributed by atoms with Gasteiger partial charge in [-0.05, 0) is 31.4 Å². The lowest BCUT2D eigenvalue weighted by molar-refractivity contribution is 0.0835. The zero-order valence-corrected chi connectivity index (χ0v) is 13.9. The zero-order valence-electron chi connectivity index (χ0n) is 13.1. The highest BCUT2D eigenvalue weighted by atomic mass is 35.5. The molecule has 2 heterocycles. The van der Waals surface area contributed by atoms with E-state index in [0.29, 0.717) is 30.3 Å². The highest BCUT2D eigenvalue weighted by Crippen LogP contribution is 2.27. The van der Waals surface area contributed by atoms with Crippen molar-refractivity contribution in [2.24, 2.45) is 0 Å². The summed E-state index contributed by atoms with van der Waals surface area (Å²) in [7, 11) is 0. The van der Waals surface area contributed by atoms with E-state index in [1.54, 1.807) is 6.92 Å². The molecule has 2 aromatic rings. The molecule has 0 bridgehead atoms.